The Labute approximate surface area is 168 Å². The molecule has 0 bridgehead atoms. The van der Waals surface area contributed by atoms with Gasteiger partial charge in [0.25, 0.3) is 0 Å². The summed E-state index contributed by atoms with van der Waals surface area (Å²) in [6, 6.07) is 10.2. The zero-order valence-corrected chi connectivity index (χ0v) is 16.7. The molecule has 1 aromatic heterocycles. The highest BCUT2D eigenvalue weighted by Gasteiger charge is 2.37. The van der Waals surface area contributed by atoms with Crippen molar-refractivity contribution in [1.29, 1.82) is 0 Å². The lowest BCUT2D eigenvalue weighted by Gasteiger charge is -2.19. The molecular weight excluding hydrogens is 442 g/mol. The first-order valence-electron chi connectivity index (χ1n) is 8.51. The summed E-state index contributed by atoms with van der Waals surface area (Å²) in [7, 11) is 0. The largest absolute Gasteiger partial charge is 0.434 e. The summed E-state index contributed by atoms with van der Waals surface area (Å²) in [5.41, 5.74) is 2.31. The van der Waals surface area contributed by atoms with Gasteiger partial charge >= 0.3 is 6.61 Å². The summed E-state index contributed by atoms with van der Waals surface area (Å²) in [4.78, 5) is 4.72. The van der Waals surface area contributed by atoms with Crippen molar-refractivity contribution in [1.82, 2.24) is 9.55 Å². The van der Waals surface area contributed by atoms with Crippen LogP contribution in [0.5, 0.6) is 5.75 Å². The monoisotopic (exact) mass is 456 g/mol. The van der Waals surface area contributed by atoms with Gasteiger partial charge in [-0.05, 0) is 43.3 Å². The molecule has 3 aromatic rings. The summed E-state index contributed by atoms with van der Waals surface area (Å²) in [5.74, 6) is 0.886. The topological polar surface area (TPSA) is 36.3 Å². The van der Waals surface area contributed by atoms with Crippen LogP contribution in [0.1, 0.15) is 36.9 Å². The third-order valence-electron chi connectivity index (χ3n) is 4.63. The molecule has 0 saturated carbocycles. The average Bonchev–Trinajstić information content (AvgIpc) is 3.14. The maximum atomic E-state index is 12.9. The van der Waals surface area contributed by atoms with Gasteiger partial charge in [-0.3, -0.25) is 0 Å². The molecule has 27 heavy (non-hydrogen) atoms. The molecule has 2 atom stereocenters. The second-order valence-electron chi connectivity index (χ2n) is 6.23. The van der Waals surface area contributed by atoms with E-state index >= 15 is 0 Å². The predicted molar refractivity (Wildman–Crippen MR) is 103 cm³/mol. The van der Waals surface area contributed by atoms with E-state index in [0.29, 0.717) is 23.6 Å². The molecule has 1 aliphatic rings. The van der Waals surface area contributed by atoms with Gasteiger partial charge < -0.3 is 14.0 Å². The number of alkyl halides is 2. The summed E-state index contributed by atoms with van der Waals surface area (Å²) < 4.78 is 39.4. The number of ether oxygens (including phenoxy) is 2. The third kappa shape index (κ3) is 3.44. The van der Waals surface area contributed by atoms with E-state index < -0.39 is 6.61 Å². The highest BCUT2D eigenvalue weighted by Crippen LogP contribution is 2.46. The maximum Gasteiger partial charge on any atom is 0.387 e. The summed E-state index contributed by atoms with van der Waals surface area (Å²) >= 11 is 9.66. The number of imidazole rings is 1. The average molecular weight is 458 g/mol. The van der Waals surface area contributed by atoms with Gasteiger partial charge in [0.1, 0.15) is 17.7 Å². The van der Waals surface area contributed by atoms with E-state index in [9.17, 15) is 8.78 Å². The zero-order valence-electron chi connectivity index (χ0n) is 14.3. The lowest BCUT2D eigenvalue weighted by atomic mass is 10.0. The molecule has 2 heterocycles. The van der Waals surface area contributed by atoms with Crippen molar-refractivity contribution in [3.8, 4) is 5.75 Å². The van der Waals surface area contributed by atoms with E-state index in [0.717, 1.165) is 21.3 Å². The van der Waals surface area contributed by atoms with E-state index in [-0.39, 0.29) is 17.9 Å². The third-order valence-corrected chi connectivity index (χ3v) is 5.36. The van der Waals surface area contributed by atoms with E-state index in [2.05, 4.69) is 15.9 Å². The molecule has 4 nitrogen and oxygen atoms in total. The van der Waals surface area contributed by atoms with Crippen LogP contribution in [0.25, 0.3) is 11.0 Å². The standard InChI is InChI=1S/C19H16BrClF2N2O2/c1-2-26-17-9-14(12-8-11(21)4-6-16(12)27-19(22)23)25-15-7-10(20)3-5-13(15)24-18(17)25/h3-8,14,17,19H,2,9H2,1H3/t14-,17-/m1/s1. The Bertz CT molecular complexity index is 995. The Morgan fingerprint density at radius 3 is 2.85 bits per heavy atom. The number of benzene rings is 2. The molecule has 0 aliphatic carbocycles. The van der Waals surface area contributed by atoms with Crippen LogP contribution in [0.2, 0.25) is 5.02 Å². The maximum absolute atomic E-state index is 12.9. The molecule has 0 N–H and O–H groups in total. The summed E-state index contributed by atoms with van der Waals surface area (Å²) in [6.45, 7) is -0.468. The Morgan fingerprint density at radius 2 is 2.11 bits per heavy atom. The van der Waals surface area contributed by atoms with Crippen LogP contribution in [0.4, 0.5) is 8.78 Å². The molecular formula is C19H16BrClF2N2O2. The fourth-order valence-electron chi connectivity index (χ4n) is 3.65. The van der Waals surface area contributed by atoms with Crippen LogP contribution in [0, 0.1) is 0 Å². The highest BCUT2D eigenvalue weighted by atomic mass is 79.9. The first-order chi connectivity index (χ1) is 13.0. The van der Waals surface area contributed by atoms with E-state index in [1.807, 2.05) is 29.7 Å². The van der Waals surface area contributed by atoms with Crippen LogP contribution < -0.4 is 4.74 Å². The van der Waals surface area contributed by atoms with Gasteiger partial charge in [-0.25, -0.2) is 4.98 Å². The lowest BCUT2D eigenvalue weighted by molar-refractivity contribution is -0.0507. The molecule has 0 radical (unpaired) electrons. The van der Waals surface area contributed by atoms with Crippen LogP contribution >= 0.6 is 27.5 Å². The van der Waals surface area contributed by atoms with Gasteiger partial charge in [-0.15, -0.1) is 0 Å². The van der Waals surface area contributed by atoms with Crippen LogP contribution in [-0.4, -0.2) is 22.8 Å². The Kier molecular flexibility index (Phi) is 5.09. The zero-order chi connectivity index (χ0) is 19.1. The highest BCUT2D eigenvalue weighted by molar-refractivity contribution is 9.10. The smallest absolute Gasteiger partial charge is 0.387 e. The molecule has 0 fully saturated rings. The van der Waals surface area contributed by atoms with Crippen molar-refractivity contribution in [3.05, 3.63) is 57.3 Å². The second kappa shape index (κ2) is 7.37. The van der Waals surface area contributed by atoms with E-state index in [1.54, 1.807) is 12.1 Å². The van der Waals surface area contributed by atoms with E-state index in [1.165, 1.54) is 6.07 Å². The number of fused-ring (bicyclic) bond motifs is 3. The molecule has 4 rings (SSSR count). The van der Waals surface area contributed by atoms with Crippen molar-refractivity contribution < 1.29 is 18.3 Å². The van der Waals surface area contributed by atoms with Gasteiger partial charge in [-0.1, -0.05) is 27.5 Å². The number of halogens is 4. The van der Waals surface area contributed by atoms with Crippen molar-refractivity contribution in [2.45, 2.75) is 32.1 Å². The van der Waals surface area contributed by atoms with Crippen LogP contribution in [0.3, 0.4) is 0 Å². The molecule has 0 spiro atoms. The molecule has 8 heteroatoms. The molecule has 0 amide bonds. The van der Waals surface area contributed by atoms with E-state index in [4.69, 9.17) is 26.1 Å². The Morgan fingerprint density at radius 1 is 1.30 bits per heavy atom. The number of nitrogens with zero attached hydrogens (tertiary/aromatic N) is 2. The molecule has 0 saturated heterocycles. The molecule has 142 valence electrons. The minimum atomic E-state index is -2.91. The number of hydrogen-bond donors (Lipinski definition) is 0. The van der Waals surface area contributed by atoms with Gasteiger partial charge in [0.15, 0.2) is 0 Å². The lowest BCUT2D eigenvalue weighted by Crippen LogP contribution is -2.10. The van der Waals surface area contributed by atoms with Gasteiger partial charge in [0.2, 0.25) is 0 Å². The van der Waals surface area contributed by atoms with Crippen LogP contribution in [-0.2, 0) is 4.74 Å². The fraction of sp³-hybridized carbons (Fsp3) is 0.316. The van der Waals surface area contributed by atoms with Crippen molar-refractivity contribution in [2.75, 3.05) is 6.61 Å². The van der Waals surface area contributed by atoms with Gasteiger partial charge in [0, 0.05) is 28.1 Å². The first kappa shape index (κ1) is 18.7. The van der Waals surface area contributed by atoms with Crippen molar-refractivity contribution in [3.63, 3.8) is 0 Å². The SMILES string of the molecule is CCO[C@@H]1C[C@H](c2cc(Cl)ccc2OC(F)F)n2c1nc1ccc(Br)cc12. The van der Waals surface area contributed by atoms with Crippen LogP contribution in [0.15, 0.2) is 40.9 Å². The van der Waals surface area contributed by atoms with Gasteiger partial charge in [-0.2, -0.15) is 8.78 Å². The van der Waals surface area contributed by atoms with Gasteiger partial charge in [0.05, 0.1) is 17.1 Å². The summed E-state index contributed by atoms with van der Waals surface area (Å²) in [5, 5.41) is 0.457. The normalized spacial score (nSPS) is 19.0. The first-order valence-corrected chi connectivity index (χ1v) is 9.68. The van der Waals surface area contributed by atoms with Crippen molar-refractivity contribution in [2.24, 2.45) is 0 Å². The minimum absolute atomic E-state index is 0.111. The molecule has 1 aliphatic heterocycles. The van der Waals surface area contributed by atoms with Crippen molar-refractivity contribution >= 4 is 38.6 Å². The number of hydrogen-bond acceptors (Lipinski definition) is 3. The number of rotatable bonds is 5. The summed E-state index contributed by atoms with van der Waals surface area (Å²) in [6.07, 6.45) is 0.336. The molecule has 2 aromatic carbocycles. The predicted octanol–water partition coefficient (Wildman–Crippen LogP) is 6.12. The Balaban J connectivity index is 1.90. The molecule has 0 unspecified atom stereocenters. The number of aromatic nitrogens is 2. The fourth-order valence-corrected chi connectivity index (χ4v) is 4.18. The minimum Gasteiger partial charge on any atom is -0.434 e. The second-order valence-corrected chi connectivity index (χ2v) is 7.58. The Hall–Kier alpha value is -1.70. The quantitative estimate of drug-likeness (QED) is 0.463.